The Balaban J connectivity index is 1.57. The Morgan fingerprint density at radius 2 is 1.89 bits per heavy atom. The van der Waals surface area contributed by atoms with Gasteiger partial charge < -0.3 is 20.5 Å². The van der Waals surface area contributed by atoms with Crippen molar-refractivity contribution in [3.05, 3.63) is 58.3 Å². The number of benzene rings is 2. The van der Waals surface area contributed by atoms with Crippen LogP contribution in [0.5, 0.6) is 11.5 Å². The fourth-order valence-corrected chi connectivity index (χ4v) is 2.75. The first-order valence-corrected chi connectivity index (χ1v) is 9.30. The highest BCUT2D eigenvalue weighted by atomic mass is 79.9. The van der Waals surface area contributed by atoms with E-state index in [4.69, 9.17) is 15.2 Å². The van der Waals surface area contributed by atoms with Crippen LogP contribution in [0.25, 0.3) is 11.4 Å². The van der Waals surface area contributed by atoms with Crippen LogP contribution in [0.1, 0.15) is 11.4 Å². The highest BCUT2D eigenvalue weighted by molar-refractivity contribution is 9.10. The maximum absolute atomic E-state index is 5.95. The molecule has 0 saturated carbocycles. The van der Waals surface area contributed by atoms with Gasteiger partial charge in [0, 0.05) is 10.0 Å². The van der Waals surface area contributed by atoms with Crippen molar-refractivity contribution in [3.8, 4) is 22.9 Å². The van der Waals surface area contributed by atoms with Crippen LogP contribution in [0.3, 0.4) is 0 Å². The predicted molar refractivity (Wildman–Crippen MR) is 111 cm³/mol. The molecule has 1 heterocycles. The molecule has 3 aromatic rings. The topological polar surface area (TPSA) is 110 Å². The summed E-state index contributed by atoms with van der Waals surface area (Å²) in [7, 11) is 3.20. The molecule has 8 nitrogen and oxygen atoms in total. The number of halogens is 1. The van der Waals surface area contributed by atoms with Crippen LogP contribution in [0, 0.1) is 0 Å². The van der Waals surface area contributed by atoms with Crippen LogP contribution < -0.4 is 20.5 Å². The Morgan fingerprint density at radius 1 is 1.14 bits per heavy atom. The zero-order valence-electron chi connectivity index (χ0n) is 15.6. The molecule has 0 atom stereocenters. The summed E-state index contributed by atoms with van der Waals surface area (Å²) >= 11 is 3.41. The van der Waals surface area contributed by atoms with Crippen LogP contribution in [-0.2, 0) is 13.1 Å². The Labute approximate surface area is 171 Å². The number of rotatable bonds is 7. The van der Waals surface area contributed by atoms with Gasteiger partial charge in [0.2, 0.25) is 0 Å². The number of hydrogen-bond acceptors (Lipinski definition) is 5. The zero-order valence-corrected chi connectivity index (χ0v) is 17.2. The van der Waals surface area contributed by atoms with Crippen molar-refractivity contribution < 1.29 is 9.47 Å². The molecule has 0 amide bonds. The summed E-state index contributed by atoms with van der Waals surface area (Å²) in [6, 6.07) is 13.4. The maximum Gasteiger partial charge on any atom is 0.189 e. The van der Waals surface area contributed by atoms with Gasteiger partial charge in [0.05, 0.1) is 27.3 Å². The van der Waals surface area contributed by atoms with E-state index in [1.807, 2.05) is 42.5 Å². The van der Waals surface area contributed by atoms with Gasteiger partial charge in [0.25, 0.3) is 0 Å². The zero-order chi connectivity index (χ0) is 19.9. The van der Waals surface area contributed by atoms with E-state index in [9.17, 15) is 0 Å². The Kier molecular flexibility index (Phi) is 6.49. The highest BCUT2D eigenvalue weighted by Gasteiger charge is 2.07. The van der Waals surface area contributed by atoms with Crippen molar-refractivity contribution in [1.82, 2.24) is 20.5 Å². The van der Waals surface area contributed by atoms with E-state index in [1.54, 1.807) is 14.2 Å². The smallest absolute Gasteiger partial charge is 0.189 e. The summed E-state index contributed by atoms with van der Waals surface area (Å²) in [6.07, 6.45) is 0. The van der Waals surface area contributed by atoms with E-state index in [0.717, 1.165) is 15.6 Å². The number of ether oxygens (including phenoxy) is 2. The lowest BCUT2D eigenvalue weighted by atomic mass is 10.2. The number of nitrogens with one attached hydrogen (secondary N) is 2. The lowest BCUT2D eigenvalue weighted by Crippen LogP contribution is -2.31. The molecule has 0 unspecified atom stereocenters. The van der Waals surface area contributed by atoms with E-state index in [2.05, 4.69) is 41.4 Å². The molecule has 1 aromatic heterocycles. The molecule has 0 saturated heterocycles. The fourth-order valence-electron chi connectivity index (χ4n) is 2.49. The second kappa shape index (κ2) is 9.23. The quantitative estimate of drug-likeness (QED) is 0.381. The molecular weight excluding hydrogens is 424 g/mol. The monoisotopic (exact) mass is 444 g/mol. The standard InChI is InChI=1S/C19H21BrN6O2/c1-27-15-8-3-12(9-16(15)28-2)10-22-19(21)23-11-17-24-18(26-25-17)13-4-6-14(20)7-5-13/h3-9H,10-11H2,1-2H3,(H3,21,22,23)(H,24,25,26). The summed E-state index contributed by atoms with van der Waals surface area (Å²) in [6.45, 7) is 0.810. The molecule has 146 valence electrons. The molecule has 0 aliphatic rings. The third-order valence-corrected chi connectivity index (χ3v) is 4.48. The van der Waals surface area contributed by atoms with Crippen LogP contribution in [-0.4, -0.2) is 35.4 Å². The van der Waals surface area contributed by atoms with Gasteiger partial charge in [0.15, 0.2) is 23.3 Å². The van der Waals surface area contributed by atoms with Crippen LogP contribution in [0.15, 0.2) is 51.9 Å². The van der Waals surface area contributed by atoms with Gasteiger partial charge in [0.1, 0.15) is 5.82 Å². The SMILES string of the molecule is COc1ccc(CN=C(N)NCc2nc(-c3ccc(Br)cc3)n[nH]2)cc1OC. The third-order valence-electron chi connectivity index (χ3n) is 3.95. The molecule has 0 spiro atoms. The third kappa shape index (κ3) is 5.01. The highest BCUT2D eigenvalue weighted by Crippen LogP contribution is 2.27. The Morgan fingerprint density at radius 3 is 2.61 bits per heavy atom. The number of H-pyrrole nitrogens is 1. The molecule has 4 N–H and O–H groups in total. The van der Waals surface area contributed by atoms with Gasteiger partial charge in [-0.2, -0.15) is 5.10 Å². The van der Waals surface area contributed by atoms with Gasteiger partial charge in [-0.05, 0) is 29.8 Å². The summed E-state index contributed by atoms with van der Waals surface area (Å²) in [5.74, 6) is 2.95. The lowest BCUT2D eigenvalue weighted by Gasteiger charge is -2.09. The number of hydrogen-bond donors (Lipinski definition) is 3. The van der Waals surface area contributed by atoms with Gasteiger partial charge in [-0.15, -0.1) is 0 Å². The van der Waals surface area contributed by atoms with Crippen molar-refractivity contribution >= 4 is 21.9 Å². The minimum atomic E-state index is 0.316. The molecule has 0 bridgehead atoms. The first kappa shape index (κ1) is 19.7. The largest absolute Gasteiger partial charge is 0.493 e. The van der Waals surface area contributed by atoms with Crippen LogP contribution in [0.4, 0.5) is 0 Å². The van der Waals surface area contributed by atoms with Crippen molar-refractivity contribution in [3.63, 3.8) is 0 Å². The van der Waals surface area contributed by atoms with Crippen molar-refractivity contribution in [2.75, 3.05) is 14.2 Å². The Hall–Kier alpha value is -3.07. The first-order valence-electron chi connectivity index (χ1n) is 8.51. The number of aromatic amines is 1. The molecule has 0 fully saturated rings. The van der Waals surface area contributed by atoms with E-state index >= 15 is 0 Å². The normalized spacial score (nSPS) is 11.3. The van der Waals surface area contributed by atoms with E-state index < -0.39 is 0 Å². The van der Waals surface area contributed by atoms with Crippen LogP contribution >= 0.6 is 15.9 Å². The second-order valence-electron chi connectivity index (χ2n) is 5.86. The van der Waals surface area contributed by atoms with E-state index in [-0.39, 0.29) is 0 Å². The molecule has 3 rings (SSSR count). The van der Waals surface area contributed by atoms with Gasteiger partial charge in [-0.1, -0.05) is 34.1 Å². The Bertz CT molecular complexity index is 955. The molecular formula is C19H21BrN6O2. The predicted octanol–water partition coefficient (Wildman–Crippen LogP) is 2.86. The molecule has 28 heavy (non-hydrogen) atoms. The second-order valence-corrected chi connectivity index (χ2v) is 6.77. The van der Waals surface area contributed by atoms with E-state index in [1.165, 1.54) is 0 Å². The molecule has 2 aromatic carbocycles. The lowest BCUT2D eigenvalue weighted by molar-refractivity contribution is 0.354. The average Bonchev–Trinajstić information content (AvgIpc) is 3.20. The van der Waals surface area contributed by atoms with Crippen LogP contribution in [0.2, 0.25) is 0 Å². The number of aliphatic imine (C=N–C) groups is 1. The number of nitrogens with zero attached hydrogens (tertiary/aromatic N) is 3. The summed E-state index contributed by atoms with van der Waals surface area (Å²) < 4.78 is 11.5. The minimum absolute atomic E-state index is 0.316. The van der Waals surface area contributed by atoms with E-state index in [0.29, 0.717) is 42.2 Å². The first-order chi connectivity index (χ1) is 13.6. The van der Waals surface area contributed by atoms with Gasteiger partial charge in [-0.25, -0.2) is 9.98 Å². The number of aromatic nitrogens is 3. The molecule has 9 heteroatoms. The minimum Gasteiger partial charge on any atom is -0.493 e. The summed E-state index contributed by atoms with van der Waals surface area (Å²) in [4.78, 5) is 8.79. The number of methoxy groups -OCH3 is 2. The van der Waals surface area contributed by atoms with Crippen molar-refractivity contribution in [2.24, 2.45) is 10.7 Å². The number of nitrogens with two attached hydrogens (primary N) is 1. The summed E-state index contributed by atoms with van der Waals surface area (Å²) in [5.41, 5.74) is 7.84. The molecule has 0 radical (unpaired) electrons. The fraction of sp³-hybridized carbons (Fsp3) is 0.211. The summed E-state index contributed by atoms with van der Waals surface area (Å²) in [5, 5.41) is 10.1. The molecule has 0 aliphatic carbocycles. The number of guanidine groups is 1. The maximum atomic E-state index is 5.95. The van der Waals surface area contributed by atoms with Crippen molar-refractivity contribution in [1.29, 1.82) is 0 Å². The van der Waals surface area contributed by atoms with Crippen molar-refractivity contribution in [2.45, 2.75) is 13.1 Å². The average molecular weight is 445 g/mol. The molecule has 0 aliphatic heterocycles. The van der Waals surface area contributed by atoms with Gasteiger partial charge in [-0.3, -0.25) is 5.10 Å². The van der Waals surface area contributed by atoms with Gasteiger partial charge >= 0.3 is 0 Å².